The van der Waals surface area contributed by atoms with Crippen LogP contribution in [0.3, 0.4) is 0 Å². The van der Waals surface area contributed by atoms with Crippen molar-refractivity contribution >= 4 is 61.5 Å². The van der Waals surface area contributed by atoms with Gasteiger partial charge in [-0.3, -0.25) is 4.79 Å². The molecule has 0 bridgehead atoms. The maximum absolute atomic E-state index is 12.8. The summed E-state index contributed by atoms with van der Waals surface area (Å²) in [5.41, 5.74) is 2.75. The van der Waals surface area contributed by atoms with Crippen LogP contribution in [0.4, 0.5) is 5.00 Å². The lowest BCUT2D eigenvalue weighted by Gasteiger charge is -2.14. The smallest absolute Gasteiger partial charge is 0.341 e. The van der Waals surface area contributed by atoms with Crippen molar-refractivity contribution < 1.29 is 14.3 Å². The fraction of sp³-hybridized carbons (Fsp3) is 0.455. The minimum Gasteiger partial charge on any atom is -0.459 e. The molecule has 0 radical (unpaired) electrons. The second-order valence-electron chi connectivity index (χ2n) is 7.85. The molecule has 164 valence electrons. The molecule has 0 aromatic carbocycles. The van der Waals surface area contributed by atoms with Crippen LogP contribution in [0, 0.1) is 13.8 Å². The Morgan fingerprint density at radius 3 is 2.74 bits per heavy atom. The molecule has 0 saturated carbocycles. The second-order valence-corrected chi connectivity index (χ2v) is 11.1. The average molecular weight is 476 g/mol. The van der Waals surface area contributed by atoms with Gasteiger partial charge >= 0.3 is 5.97 Å². The Hall–Kier alpha value is -1.97. The van der Waals surface area contributed by atoms with Gasteiger partial charge in [-0.05, 0) is 64.5 Å². The Kier molecular flexibility index (Phi) is 6.64. The van der Waals surface area contributed by atoms with Crippen LogP contribution in [0.1, 0.15) is 57.9 Å². The predicted octanol–water partition coefficient (Wildman–Crippen LogP) is 5.54. The standard InChI is InChI=1S/C22H25N3O3S3/c1-11(2)28-22(27)18-14-7-5-6-8-15(14)31-21(18)25-16(26)9-29-19-17-12(3)13(4)30-20(17)24-10-23-19/h10-11H,5-9H2,1-4H3,(H,25,26). The summed E-state index contributed by atoms with van der Waals surface area (Å²) in [6.07, 6.45) is 5.31. The summed E-state index contributed by atoms with van der Waals surface area (Å²) in [6.45, 7) is 7.80. The largest absolute Gasteiger partial charge is 0.459 e. The number of hydrogen-bond donors (Lipinski definition) is 1. The minimum absolute atomic E-state index is 0.154. The molecule has 3 heterocycles. The monoisotopic (exact) mass is 475 g/mol. The van der Waals surface area contributed by atoms with E-state index >= 15 is 0 Å². The lowest BCUT2D eigenvalue weighted by atomic mass is 9.95. The van der Waals surface area contributed by atoms with Gasteiger partial charge in [-0.2, -0.15) is 0 Å². The zero-order valence-electron chi connectivity index (χ0n) is 18.0. The van der Waals surface area contributed by atoms with Crippen molar-refractivity contribution in [2.45, 2.75) is 64.5 Å². The quantitative estimate of drug-likeness (QED) is 0.286. The molecule has 1 aliphatic carbocycles. The fourth-order valence-corrected chi connectivity index (χ4v) is 6.91. The van der Waals surface area contributed by atoms with Crippen molar-refractivity contribution in [3.05, 3.63) is 32.8 Å². The molecule has 9 heteroatoms. The number of esters is 1. The summed E-state index contributed by atoms with van der Waals surface area (Å²) < 4.78 is 5.47. The highest BCUT2D eigenvalue weighted by Crippen LogP contribution is 2.39. The lowest BCUT2D eigenvalue weighted by Crippen LogP contribution is -2.18. The van der Waals surface area contributed by atoms with E-state index in [1.54, 1.807) is 17.7 Å². The normalized spacial score (nSPS) is 13.5. The van der Waals surface area contributed by atoms with Gasteiger partial charge in [0.2, 0.25) is 5.91 Å². The fourth-order valence-electron chi connectivity index (χ4n) is 3.70. The van der Waals surface area contributed by atoms with Gasteiger partial charge in [-0.15, -0.1) is 22.7 Å². The van der Waals surface area contributed by atoms with Crippen LogP contribution in [0.5, 0.6) is 0 Å². The maximum Gasteiger partial charge on any atom is 0.341 e. The van der Waals surface area contributed by atoms with Crippen LogP contribution in [0.2, 0.25) is 0 Å². The lowest BCUT2D eigenvalue weighted by molar-refractivity contribution is -0.113. The Morgan fingerprint density at radius 1 is 1.19 bits per heavy atom. The Bertz CT molecular complexity index is 1150. The number of rotatable bonds is 6. The minimum atomic E-state index is -0.348. The van der Waals surface area contributed by atoms with Gasteiger partial charge in [-0.25, -0.2) is 14.8 Å². The van der Waals surface area contributed by atoms with Gasteiger partial charge in [0.15, 0.2) is 0 Å². The molecular weight excluding hydrogens is 450 g/mol. The van der Waals surface area contributed by atoms with E-state index in [1.807, 2.05) is 13.8 Å². The molecule has 0 saturated heterocycles. The van der Waals surface area contributed by atoms with Crippen molar-refractivity contribution in [2.75, 3.05) is 11.1 Å². The van der Waals surface area contributed by atoms with E-state index in [-0.39, 0.29) is 23.7 Å². The zero-order chi connectivity index (χ0) is 22.1. The van der Waals surface area contributed by atoms with Gasteiger partial charge in [0.25, 0.3) is 0 Å². The molecule has 0 spiro atoms. The van der Waals surface area contributed by atoms with E-state index in [9.17, 15) is 9.59 Å². The number of thiophene rings is 2. The Morgan fingerprint density at radius 2 is 1.97 bits per heavy atom. The topological polar surface area (TPSA) is 81.2 Å². The summed E-state index contributed by atoms with van der Waals surface area (Å²) in [4.78, 5) is 37.7. The van der Waals surface area contributed by atoms with Crippen LogP contribution < -0.4 is 5.32 Å². The number of aromatic nitrogens is 2. The summed E-state index contributed by atoms with van der Waals surface area (Å²) >= 11 is 4.55. The molecule has 3 aromatic heterocycles. The van der Waals surface area contributed by atoms with E-state index in [0.29, 0.717) is 10.6 Å². The zero-order valence-corrected chi connectivity index (χ0v) is 20.5. The SMILES string of the molecule is Cc1sc2ncnc(SCC(=O)Nc3sc4c(c3C(=O)OC(C)C)CCCC4)c2c1C. The molecule has 6 nitrogen and oxygen atoms in total. The number of carbonyl (C=O) groups excluding carboxylic acids is 2. The van der Waals surface area contributed by atoms with Crippen LogP contribution in [0.25, 0.3) is 10.2 Å². The number of amides is 1. The third-order valence-corrected chi connectivity index (χ3v) is 8.55. The number of ether oxygens (including phenoxy) is 1. The average Bonchev–Trinajstić information content (AvgIpc) is 3.23. The van der Waals surface area contributed by atoms with Crippen molar-refractivity contribution in [3.63, 3.8) is 0 Å². The van der Waals surface area contributed by atoms with E-state index in [2.05, 4.69) is 29.1 Å². The van der Waals surface area contributed by atoms with Crippen molar-refractivity contribution in [2.24, 2.45) is 0 Å². The highest BCUT2D eigenvalue weighted by molar-refractivity contribution is 8.00. The van der Waals surface area contributed by atoms with E-state index in [4.69, 9.17) is 4.74 Å². The first-order chi connectivity index (χ1) is 14.8. The van der Waals surface area contributed by atoms with Gasteiger partial charge < -0.3 is 10.1 Å². The van der Waals surface area contributed by atoms with Gasteiger partial charge in [0, 0.05) is 15.1 Å². The van der Waals surface area contributed by atoms with Crippen LogP contribution in [0.15, 0.2) is 11.4 Å². The van der Waals surface area contributed by atoms with Gasteiger partial charge in [0.1, 0.15) is 21.2 Å². The van der Waals surface area contributed by atoms with Crippen molar-refractivity contribution in [1.82, 2.24) is 9.97 Å². The highest BCUT2D eigenvalue weighted by Gasteiger charge is 2.28. The summed E-state index contributed by atoms with van der Waals surface area (Å²) in [7, 11) is 0. The number of hydrogen-bond acceptors (Lipinski definition) is 8. The van der Waals surface area contributed by atoms with Crippen LogP contribution in [-0.4, -0.2) is 33.7 Å². The molecule has 0 unspecified atom stereocenters. The molecule has 3 aromatic rings. The molecule has 0 fully saturated rings. The number of carbonyl (C=O) groups is 2. The van der Waals surface area contributed by atoms with Crippen LogP contribution >= 0.6 is 34.4 Å². The maximum atomic E-state index is 12.8. The van der Waals surface area contributed by atoms with E-state index in [1.165, 1.54) is 32.9 Å². The van der Waals surface area contributed by atoms with Gasteiger partial charge in [-0.1, -0.05) is 11.8 Å². The molecular formula is C22H25N3O3S3. The van der Waals surface area contributed by atoms with E-state index in [0.717, 1.165) is 52.1 Å². The Labute approximate surface area is 193 Å². The predicted molar refractivity (Wildman–Crippen MR) is 128 cm³/mol. The number of anilines is 1. The first-order valence-electron chi connectivity index (χ1n) is 10.3. The molecule has 0 aliphatic heterocycles. The van der Waals surface area contributed by atoms with Crippen molar-refractivity contribution in [3.8, 4) is 0 Å². The highest BCUT2D eigenvalue weighted by atomic mass is 32.2. The number of nitrogens with one attached hydrogen (secondary N) is 1. The second kappa shape index (κ2) is 9.26. The summed E-state index contributed by atoms with van der Waals surface area (Å²) in [6, 6.07) is 0. The van der Waals surface area contributed by atoms with Gasteiger partial charge in [0.05, 0.1) is 17.4 Å². The summed E-state index contributed by atoms with van der Waals surface area (Å²) in [5, 5.41) is 5.42. The molecule has 1 aliphatic rings. The molecule has 0 atom stereocenters. The molecule has 4 rings (SSSR count). The Balaban J connectivity index is 1.53. The number of thioether (sulfide) groups is 1. The number of fused-ring (bicyclic) bond motifs is 2. The first kappa shape index (κ1) is 22.2. The third kappa shape index (κ3) is 4.63. The summed E-state index contributed by atoms with van der Waals surface area (Å²) in [5.74, 6) is -0.292. The van der Waals surface area contributed by atoms with Crippen LogP contribution in [-0.2, 0) is 22.4 Å². The molecule has 1 N–H and O–H groups in total. The number of nitrogens with zero attached hydrogens (tertiary/aromatic N) is 2. The molecule has 31 heavy (non-hydrogen) atoms. The molecule has 1 amide bonds. The number of aryl methyl sites for hydroxylation is 3. The van der Waals surface area contributed by atoms with E-state index < -0.39 is 0 Å². The third-order valence-electron chi connectivity index (χ3n) is 5.24. The van der Waals surface area contributed by atoms with Crippen molar-refractivity contribution in [1.29, 1.82) is 0 Å². The first-order valence-corrected chi connectivity index (χ1v) is 13.0.